The highest BCUT2D eigenvalue weighted by Gasteiger charge is 2.52. The number of para-hydroxylation sites is 1. The van der Waals surface area contributed by atoms with E-state index in [4.69, 9.17) is 16.3 Å². The molecule has 3 aliphatic rings. The van der Waals surface area contributed by atoms with Gasteiger partial charge in [-0.3, -0.25) is 0 Å². The van der Waals surface area contributed by atoms with Crippen LogP contribution in [0.3, 0.4) is 0 Å². The topological polar surface area (TPSA) is 9.23 Å². The minimum absolute atomic E-state index is 0.180. The summed E-state index contributed by atoms with van der Waals surface area (Å²) in [6.45, 7) is 4.56. The van der Waals surface area contributed by atoms with Crippen LogP contribution in [0, 0.1) is 0 Å². The largest absolute Gasteiger partial charge is 0.455 e. The van der Waals surface area contributed by atoms with Crippen LogP contribution in [0.4, 0.5) is 0 Å². The maximum absolute atomic E-state index is 6.89. The maximum atomic E-state index is 6.89. The van der Waals surface area contributed by atoms with Crippen LogP contribution in [0.25, 0.3) is 22.3 Å². The lowest BCUT2D eigenvalue weighted by Crippen LogP contribution is -2.32. The summed E-state index contributed by atoms with van der Waals surface area (Å²) in [7, 11) is 0. The highest BCUT2D eigenvalue weighted by molar-refractivity contribution is 9.10. The molecule has 1 aliphatic heterocycles. The summed E-state index contributed by atoms with van der Waals surface area (Å²) >= 11 is 10.7. The molecule has 8 rings (SSSR count). The fourth-order valence-corrected chi connectivity index (χ4v) is 7.85. The van der Waals surface area contributed by atoms with Crippen molar-refractivity contribution in [1.82, 2.24) is 0 Å². The molecule has 0 saturated heterocycles. The summed E-state index contributed by atoms with van der Waals surface area (Å²) in [6.07, 6.45) is 0. The van der Waals surface area contributed by atoms with Crippen molar-refractivity contribution < 1.29 is 4.74 Å². The highest BCUT2D eigenvalue weighted by atomic mass is 79.9. The molecule has 0 fully saturated rings. The second-order valence-electron chi connectivity index (χ2n) is 10.7. The molecular weight excluding hydrogens is 540 g/mol. The molecule has 5 aromatic rings. The van der Waals surface area contributed by atoms with Crippen LogP contribution >= 0.6 is 27.5 Å². The Hall–Kier alpha value is -3.33. The summed E-state index contributed by atoms with van der Waals surface area (Å²) in [6, 6.07) is 35.0. The molecule has 0 aromatic heterocycles. The van der Waals surface area contributed by atoms with Gasteiger partial charge in [0.15, 0.2) is 0 Å². The summed E-state index contributed by atoms with van der Waals surface area (Å²) in [5.41, 5.74) is 11.6. The van der Waals surface area contributed by atoms with Crippen LogP contribution in [0.2, 0.25) is 5.02 Å². The number of halogens is 2. The van der Waals surface area contributed by atoms with Crippen molar-refractivity contribution in [2.45, 2.75) is 24.7 Å². The Balaban J connectivity index is 1.57. The van der Waals surface area contributed by atoms with Crippen LogP contribution in [-0.4, -0.2) is 0 Å². The first-order valence-corrected chi connectivity index (χ1v) is 13.8. The van der Waals surface area contributed by atoms with Crippen molar-refractivity contribution in [3.63, 3.8) is 0 Å². The minimum Gasteiger partial charge on any atom is -0.455 e. The number of fused-ring (bicyclic) bond motifs is 12. The Kier molecular flexibility index (Phi) is 4.20. The zero-order valence-electron chi connectivity index (χ0n) is 20.4. The van der Waals surface area contributed by atoms with Gasteiger partial charge in [-0.05, 0) is 79.1 Å². The van der Waals surface area contributed by atoms with Crippen molar-refractivity contribution in [3.05, 3.63) is 140 Å². The molecule has 1 spiro atoms. The molecule has 2 aliphatic carbocycles. The van der Waals surface area contributed by atoms with Crippen LogP contribution in [0.1, 0.15) is 47.2 Å². The van der Waals surface area contributed by atoms with Gasteiger partial charge in [0.1, 0.15) is 11.5 Å². The molecule has 0 saturated carbocycles. The van der Waals surface area contributed by atoms with Gasteiger partial charge < -0.3 is 4.74 Å². The van der Waals surface area contributed by atoms with E-state index in [1.54, 1.807) is 0 Å². The molecule has 0 bridgehead atoms. The average molecular weight is 562 g/mol. The molecule has 3 heteroatoms. The van der Waals surface area contributed by atoms with E-state index in [1.165, 1.54) is 38.9 Å². The first kappa shape index (κ1) is 21.7. The lowest BCUT2D eigenvalue weighted by molar-refractivity contribution is 0.432. The Morgan fingerprint density at radius 2 is 1.24 bits per heavy atom. The fraction of sp³-hybridized carbons (Fsp3) is 0.118. The number of rotatable bonds is 0. The van der Waals surface area contributed by atoms with Crippen molar-refractivity contribution >= 4 is 27.5 Å². The van der Waals surface area contributed by atoms with Gasteiger partial charge in [-0.15, -0.1) is 0 Å². The minimum atomic E-state index is -0.497. The van der Waals surface area contributed by atoms with Crippen molar-refractivity contribution in [2.75, 3.05) is 0 Å². The Labute approximate surface area is 229 Å². The number of benzene rings is 5. The normalized spacial score (nSPS) is 16.2. The van der Waals surface area contributed by atoms with Gasteiger partial charge in [-0.1, -0.05) is 98.2 Å². The number of ether oxygens (including phenoxy) is 1. The standard InChI is InChI=1S/C34H22BrClO/c1-33(2)24-13-8-16-29(36)31(24)21-17-27-30(18-26(21)33)37-32-25(14-7-15-28(32)35)34(27)22-11-5-3-9-19(22)20-10-4-6-12-23(20)34/h3-18H,1-2H3. The first-order chi connectivity index (χ1) is 17.9. The summed E-state index contributed by atoms with van der Waals surface area (Å²) in [5, 5.41) is 0.797. The van der Waals surface area contributed by atoms with E-state index in [1.807, 2.05) is 6.07 Å². The lowest BCUT2D eigenvalue weighted by Gasteiger charge is -2.40. The fourth-order valence-electron chi connectivity index (χ4n) is 7.12. The first-order valence-electron chi connectivity index (χ1n) is 12.6. The Morgan fingerprint density at radius 3 is 1.97 bits per heavy atom. The van der Waals surface area contributed by atoms with E-state index in [-0.39, 0.29) is 5.41 Å². The van der Waals surface area contributed by atoms with Gasteiger partial charge in [0.05, 0.1) is 9.89 Å². The predicted octanol–water partition coefficient (Wildman–Crippen LogP) is 9.88. The van der Waals surface area contributed by atoms with E-state index in [9.17, 15) is 0 Å². The third-order valence-corrected chi connectivity index (χ3v) is 9.63. The van der Waals surface area contributed by atoms with E-state index in [2.05, 4.69) is 121 Å². The molecule has 37 heavy (non-hydrogen) atoms. The van der Waals surface area contributed by atoms with Gasteiger partial charge in [0.2, 0.25) is 0 Å². The van der Waals surface area contributed by atoms with Gasteiger partial charge in [0.25, 0.3) is 0 Å². The maximum Gasteiger partial charge on any atom is 0.146 e. The monoisotopic (exact) mass is 560 g/mol. The smallest absolute Gasteiger partial charge is 0.146 e. The summed E-state index contributed by atoms with van der Waals surface area (Å²) < 4.78 is 7.75. The van der Waals surface area contributed by atoms with Crippen molar-refractivity contribution in [2.24, 2.45) is 0 Å². The van der Waals surface area contributed by atoms with Gasteiger partial charge in [0, 0.05) is 27.1 Å². The third kappa shape index (κ3) is 2.51. The Bertz CT molecular complexity index is 1770. The van der Waals surface area contributed by atoms with E-state index in [0.717, 1.165) is 37.7 Å². The summed E-state index contributed by atoms with van der Waals surface area (Å²) in [5.74, 6) is 1.79. The van der Waals surface area contributed by atoms with Crippen LogP contribution in [-0.2, 0) is 10.8 Å². The predicted molar refractivity (Wildman–Crippen MR) is 154 cm³/mol. The molecule has 5 aromatic carbocycles. The molecular formula is C34H22BrClO. The Morgan fingerprint density at radius 1 is 0.622 bits per heavy atom. The van der Waals surface area contributed by atoms with Crippen LogP contribution in [0.5, 0.6) is 11.5 Å². The highest BCUT2D eigenvalue weighted by Crippen LogP contribution is 2.65. The lowest BCUT2D eigenvalue weighted by atomic mass is 9.65. The van der Waals surface area contributed by atoms with Gasteiger partial charge in [-0.25, -0.2) is 0 Å². The average Bonchev–Trinajstić information content (AvgIpc) is 3.32. The van der Waals surface area contributed by atoms with Crippen LogP contribution < -0.4 is 4.74 Å². The molecule has 0 radical (unpaired) electrons. The molecule has 0 unspecified atom stereocenters. The van der Waals surface area contributed by atoms with Crippen molar-refractivity contribution in [1.29, 1.82) is 0 Å². The van der Waals surface area contributed by atoms with Crippen LogP contribution in [0.15, 0.2) is 102 Å². The summed E-state index contributed by atoms with van der Waals surface area (Å²) in [4.78, 5) is 0. The number of hydrogen-bond acceptors (Lipinski definition) is 1. The number of hydrogen-bond donors (Lipinski definition) is 0. The zero-order chi connectivity index (χ0) is 25.1. The molecule has 0 N–H and O–H groups in total. The third-order valence-electron chi connectivity index (χ3n) is 8.69. The SMILES string of the molecule is CC1(C)c2cc3c(cc2-c2c(Cl)cccc21)C1(c2ccccc2-c2ccccc21)c1cccc(Br)c1O3. The molecule has 0 atom stereocenters. The van der Waals surface area contributed by atoms with E-state index in [0.29, 0.717) is 0 Å². The van der Waals surface area contributed by atoms with E-state index >= 15 is 0 Å². The van der Waals surface area contributed by atoms with Gasteiger partial charge in [-0.2, -0.15) is 0 Å². The second-order valence-corrected chi connectivity index (χ2v) is 12.0. The second kappa shape index (κ2) is 7.16. The zero-order valence-corrected chi connectivity index (χ0v) is 22.7. The molecule has 178 valence electrons. The molecule has 1 heterocycles. The quantitative estimate of drug-likeness (QED) is 0.179. The van der Waals surface area contributed by atoms with Gasteiger partial charge >= 0.3 is 0 Å². The van der Waals surface area contributed by atoms with E-state index < -0.39 is 5.41 Å². The molecule has 1 nitrogen and oxygen atoms in total. The van der Waals surface area contributed by atoms with Crippen molar-refractivity contribution in [3.8, 4) is 33.8 Å². The molecule has 0 amide bonds.